The van der Waals surface area contributed by atoms with E-state index >= 15 is 0 Å². The summed E-state index contributed by atoms with van der Waals surface area (Å²) in [5.74, 6) is 0.809. The minimum Gasteiger partial charge on any atom is -0.497 e. The van der Waals surface area contributed by atoms with E-state index in [0.29, 0.717) is 22.8 Å². The molecule has 2 rings (SSSR count). The lowest BCUT2D eigenvalue weighted by atomic mass is 10.1. The van der Waals surface area contributed by atoms with Gasteiger partial charge in [-0.2, -0.15) is 5.10 Å². The number of ether oxygens (including phenoxy) is 2. The predicted molar refractivity (Wildman–Crippen MR) is 91.9 cm³/mol. The summed E-state index contributed by atoms with van der Waals surface area (Å²) in [5.41, 5.74) is 3.56. The minimum atomic E-state index is -0.478. The van der Waals surface area contributed by atoms with Crippen LogP contribution in [0.1, 0.15) is 12.5 Å². The van der Waals surface area contributed by atoms with E-state index in [4.69, 9.17) is 9.47 Å². The Bertz CT molecular complexity index is 770. The van der Waals surface area contributed by atoms with E-state index in [2.05, 4.69) is 10.5 Å². The van der Waals surface area contributed by atoms with E-state index in [-0.39, 0.29) is 12.3 Å². The number of amides is 1. The highest BCUT2D eigenvalue weighted by Crippen LogP contribution is 2.16. The molecule has 0 spiro atoms. The molecule has 0 aliphatic heterocycles. The first-order chi connectivity index (χ1) is 12.0. The van der Waals surface area contributed by atoms with Crippen LogP contribution in [0.5, 0.6) is 11.5 Å². The highest BCUT2D eigenvalue weighted by molar-refractivity contribution is 5.99. The van der Waals surface area contributed by atoms with Crippen LogP contribution in [0.25, 0.3) is 0 Å². The van der Waals surface area contributed by atoms with Gasteiger partial charge in [0.05, 0.1) is 17.7 Å². The molecule has 0 fully saturated rings. The zero-order valence-electron chi connectivity index (χ0n) is 13.8. The first kappa shape index (κ1) is 17.9. The van der Waals surface area contributed by atoms with Gasteiger partial charge < -0.3 is 9.47 Å². The predicted octanol–water partition coefficient (Wildman–Crippen LogP) is 2.52. The molecule has 0 aromatic heterocycles. The van der Waals surface area contributed by atoms with Crippen molar-refractivity contribution in [1.29, 1.82) is 0 Å². The van der Waals surface area contributed by atoms with E-state index in [1.54, 1.807) is 50.4 Å². The largest absolute Gasteiger partial charge is 0.497 e. The van der Waals surface area contributed by atoms with Crippen LogP contribution in [0, 0.1) is 10.1 Å². The summed E-state index contributed by atoms with van der Waals surface area (Å²) in [6.07, 6.45) is 0. The second-order valence-corrected chi connectivity index (χ2v) is 5.00. The van der Waals surface area contributed by atoms with Crippen molar-refractivity contribution in [3.05, 3.63) is 64.2 Å². The molecule has 8 nitrogen and oxygen atoms in total. The fraction of sp³-hybridized carbons (Fsp3) is 0.176. The third kappa shape index (κ3) is 5.31. The highest BCUT2D eigenvalue weighted by atomic mass is 16.6. The number of nitrogens with zero attached hydrogens (tertiary/aromatic N) is 2. The number of carbonyl (C=O) groups is 1. The second kappa shape index (κ2) is 8.44. The number of non-ortho nitro benzene ring substituents is 1. The molecule has 25 heavy (non-hydrogen) atoms. The molecule has 0 saturated heterocycles. The maximum atomic E-state index is 11.8. The van der Waals surface area contributed by atoms with Crippen molar-refractivity contribution in [3.8, 4) is 11.5 Å². The number of hydrazone groups is 1. The van der Waals surface area contributed by atoms with E-state index < -0.39 is 10.8 Å². The van der Waals surface area contributed by atoms with E-state index in [9.17, 15) is 14.9 Å². The first-order valence-corrected chi connectivity index (χ1v) is 7.34. The molecule has 0 aliphatic carbocycles. The van der Waals surface area contributed by atoms with Crippen molar-refractivity contribution in [2.24, 2.45) is 5.10 Å². The molecule has 1 amide bonds. The van der Waals surface area contributed by atoms with Gasteiger partial charge in [-0.3, -0.25) is 14.9 Å². The van der Waals surface area contributed by atoms with Crippen molar-refractivity contribution < 1.29 is 19.2 Å². The Morgan fingerprint density at radius 2 is 1.72 bits per heavy atom. The van der Waals surface area contributed by atoms with E-state index in [0.717, 1.165) is 0 Å². The zero-order valence-corrected chi connectivity index (χ0v) is 13.8. The average Bonchev–Trinajstić information content (AvgIpc) is 2.64. The number of rotatable bonds is 7. The third-order valence-electron chi connectivity index (χ3n) is 3.27. The van der Waals surface area contributed by atoms with E-state index in [1.165, 1.54) is 12.1 Å². The van der Waals surface area contributed by atoms with Gasteiger partial charge in [-0.1, -0.05) is 0 Å². The van der Waals surface area contributed by atoms with Crippen molar-refractivity contribution in [2.75, 3.05) is 13.7 Å². The van der Waals surface area contributed by atoms with Crippen molar-refractivity contribution in [3.63, 3.8) is 0 Å². The lowest BCUT2D eigenvalue weighted by Gasteiger charge is -2.06. The SMILES string of the molecule is COc1ccc(OCC(=O)NN=C(C)c2ccc([N+](=O)[O-])cc2)cc1. The Kier molecular flexibility index (Phi) is 6.05. The van der Waals surface area contributed by atoms with Gasteiger partial charge in [-0.15, -0.1) is 0 Å². The summed E-state index contributed by atoms with van der Waals surface area (Å²) >= 11 is 0. The summed E-state index contributed by atoms with van der Waals surface area (Å²) in [5, 5.41) is 14.6. The molecule has 0 heterocycles. The van der Waals surface area contributed by atoms with Gasteiger partial charge in [0.15, 0.2) is 6.61 Å². The quantitative estimate of drug-likeness (QED) is 0.473. The summed E-state index contributed by atoms with van der Waals surface area (Å²) in [4.78, 5) is 21.9. The van der Waals surface area contributed by atoms with Gasteiger partial charge >= 0.3 is 0 Å². The molecule has 0 radical (unpaired) electrons. The maximum absolute atomic E-state index is 11.8. The van der Waals surface area contributed by atoms with Crippen LogP contribution in [0.3, 0.4) is 0 Å². The number of methoxy groups -OCH3 is 1. The lowest BCUT2D eigenvalue weighted by Crippen LogP contribution is -2.25. The number of nitro benzene ring substituents is 1. The average molecular weight is 343 g/mol. The summed E-state index contributed by atoms with van der Waals surface area (Å²) in [7, 11) is 1.56. The number of nitrogens with one attached hydrogen (secondary N) is 1. The monoisotopic (exact) mass is 343 g/mol. The molecular weight excluding hydrogens is 326 g/mol. The molecule has 0 unspecified atom stereocenters. The Balaban J connectivity index is 1.86. The smallest absolute Gasteiger partial charge is 0.277 e. The number of carbonyl (C=O) groups excluding carboxylic acids is 1. The van der Waals surface area contributed by atoms with Crippen LogP contribution in [0.2, 0.25) is 0 Å². The van der Waals surface area contributed by atoms with Gasteiger partial charge in [0.25, 0.3) is 11.6 Å². The van der Waals surface area contributed by atoms with Gasteiger partial charge in [-0.25, -0.2) is 5.43 Å². The van der Waals surface area contributed by atoms with E-state index in [1.807, 2.05) is 0 Å². The molecule has 0 aliphatic rings. The van der Waals surface area contributed by atoms with Crippen LogP contribution in [-0.2, 0) is 4.79 Å². The van der Waals surface area contributed by atoms with Crippen LogP contribution in [0.15, 0.2) is 53.6 Å². The van der Waals surface area contributed by atoms with Gasteiger partial charge in [0, 0.05) is 12.1 Å². The normalized spacial score (nSPS) is 10.9. The topological polar surface area (TPSA) is 103 Å². The molecular formula is C17H17N3O5. The lowest BCUT2D eigenvalue weighted by molar-refractivity contribution is -0.384. The molecule has 0 bridgehead atoms. The number of benzene rings is 2. The Morgan fingerprint density at radius 1 is 1.12 bits per heavy atom. The Hall–Kier alpha value is -3.42. The van der Waals surface area contributed by atoms with Crippen LogP contribution < -0.4 is 14.9 Å². The minimum absolute atomic E-state index is 0.00604. The molecule has 2 aromatic carbocycles. The van der Waals surface area contributed by atoms with Gasteiger partial charge in [0.2, 0.25) is 0 Å². The molecule has 2 aromatic rings. The summed E-state index contributed by atoms with van der Waals surface area (Å²) < 4.78 is 10.4. The zero-order chi connectivity index (χ0) is 18.2. The molecule has 0 atom stereocenters. The maximum Gasteiger partial charge on any atom is 0.277 e. The Morgan fingerprint density at radius 3 is 2.28 bits per heavy atom. The Labute approximate surface area is 144 Å². The van der Waals surface area contributed by atoms with Crippen molar-refractivity contribution >= 4 is 17.3 Å². The van der Waals surface area contributed by atoms with Gasteiger partial charge in [-0.05, 0) is 48.9 Å². The molecule has 130 valence electrons. The fourth-order valence-electron chi connectivity index (χ4n) is 1.89. The third-order valence-corrected chi connectivity index (χ3v) is 3.27. The van der Waals surface area contributed by atoms with Crippen molar-refractivity contribution in [2.45, 2.75) is 6.92 Å². The summed E-state index contributed by atoms with van der Waals surface area (Å²) in [6, 6.07) is 12.7. The van der Waals surface area contributed by atoms with Crippen molar-refractivity contribution in [1.82, 2.24) is 5.43 Å². The molecule has 0 saturated carbocycles. The van der Waals surface area contributed by atoms with Gasteiger partial charge in [0.1, 0.15) is 11.5 Å². The number of hydrogen-bond donors (Lipinski definition) is 1. The second-order valence-electron chi connectivity index (χ2n) is 5.00. The van der Waals surface area contributed by atoms with Crippen LogP contribution in [-0.4, -0.2) is 30.3 Å². The first-order valence-electron chi connectivity index (χ1n) is 7.34. The standard InChI is InChI=1S/C17H17N3O5/c1-12(13-3-5-14(6-4-13)20(22)23)18-19-17(21)11-25-16-9-7-15(24-2)8-10-16/h3-10H,11H2,1-2H3,(H,19,21). The van der Waals surface area contributed by atoms with Crippen LogP contribution >= 0.6 is 0 Å². The number of nitro groups is 1. The molecule has 8 heteroatoms. The summed E-state index contributed by atoms with van der Waals surface area (Å²) in [6.45, 7) is 1.50. The highest BCUT2D eigenvalue weighted by Gasteiger charge is 2.06. The fourth-order valence-corrected chi connectivity index (χ4v) is 1.89. The van der Waals surface area contributed by atoms with Crippen LogP contribution in [0.4, 0.5) is 5.69 Å². The number of hydrogen-bond acceptors (Lipinski definition) is 6. The molecule has 1 N–H and O–H groups in total.